The van der Waals surface area contributed by atoms with Crippen LogP contribution in [0.2, 0.25) is 5.02 Å². The molecule has 1 aromatic carbocycles. The number of hydrogen-bond donors (Lipinski definition) is 6. The first-order valence-electron chi connectivity index (χ1n) is 14.2. The summed E-state index contributed by atoms with van der Waals surface area (Å²) in [5.41, 5.74) is 6.69. The van der Waals surface area contributed by atoms with Crippen LogP contribution in [-0.4, -0.2) is 99.0 Å². The topological polar surface area (TPSA) is 194 Å². The highest BCUT2D eigenvalue weighted by molar-refractivity contribution is 6.33. The monoisotopic (exact) mass is 626 g/mol. The Morgan fingerprint density at radius 3 is 2.09 bits per heavy atom. The molecule has 0 aliphatic carbocycles. The number of anilines is 1. The van der Waals surface area contributed by atoms with Crippen molar-refractivity contribution in [1.29, 1.82) is 0 Å². The molecule has 2 amide bonds. The van der Waals surface area contributed by atoms with E-state index in [1.54, 1.807) is 11.0 Å². The Hall–Kier alpha value is -3.03. The summed E-state index contributed by atoms with van der Waals surface area (Å²) in [4.78, 5) is 48.7. The molecule has 242 valence electrons. The van der Waals surface area contributed by atoms with E-state index in [0.29, 0.717) is 36.0 Å². The molecular weight excluding hydrogens is 580 g/mol. The number of hydrogen-bond acceptors (Lipinski definition) is 8. The summed E-state index contributed by atoms with van der Waals surface area (Å²) < 4.78 is 0. The summed E-state index contributed by atoms with van der Waals surface area (Å²) in [6.45, 7) is 12.6. The number of carbonyl (C=O) groups excluding carboxylic acids is 2. The molecule has 1 fully saturated rings. The van der Waals surface area contributed by atoms with Crippen molar-refractivity contribution < 1.29 is 39.6 Å². The van der Waals surface area contributed by atoms with Gasteiger partial charge in [0.1, 0.15) is 0 Å². The lowest BCUT2D eigenvalue weighted by molar-refractivity contribution is -0.134. The minimum Gasteiger partial charge on any atom is -0.478 e. The number of aliphatic carboxylic acids is 2. The summed E-state index contributed by atoms with van der Waals surface area (Å²) in [5.74, 6) is -3.16. The molecule has 0 saturated carbocycles. The molecule has 43 heavy (non-hydrogen) atoms. The standard InChI is InChI=1S/C26H43ClN4O4.C4H4O4/c1-16(2)18(25(35)29-21(14-32)17(3)4)11-23(33)20(28)12-30-13-24(34)31(15-26(30,5)6)22-10-8-7-9-19(22)27;5-3(6)1-2-4(7)8/h7-10,16-18,20-21,23,32-33H,11-15,28H2,1-6H3,(H,29,35);1-2H,(H,5,6)(H,7,8)/b;2-1+/t18-,20-,21+,23-;/m0./s1. The van der Waals surface area contributed by atoms with Crippen LogP contribution in [-0.2, 0) is 19.2 Å². The quantitative estimate of drug-likeness (QED) is 0.176. The molecule has 1 saturated heterocycles. The van der Waals surface area contributed by atoms with Gasteiger partial charge in [0.2, 0.25) is 11.8 Å². The number of aliphatic hydroxyl groups is 2. The molecule has 1 heterocycles. The van der Waals surface area contributed by atoms with Crippen molar-refractivity contribution >= 4 is 41.0 Å². The third-order valence-corrected chi connectivity index (χ3v) is 7.75. The van der Waals surface area contributed by atoms with Gasteiger partial charge in [0.25, 0.3) is 0 Å². The first kappa shape index (κ1) is 38.0. The van der Waals surface area contributed by atoms with Gasteiger partial charge in [-0.3, -0.25) is 14.5 Å². The molecule has 1 aromatic rings. The molecule has 1 aliphatic heterocycles. The van der Waals surface area contributed by atoms with Crippen LogP contribution in [0.5, 0.6) is 0 Å². The third kappa shape index (κ3) is 12.2. The van der Waals surface area contributed by atoms with Crippen molar-refractivity contribution in [2.75, 3.05) is 31.1 Å². The van der Waals surface area contributed by atoms with Crippen LogP contribution >= 0.6 is 11.6 Å². The van der Waals surface area contributed by atoms with Crippen molar-refractivity contribution in [3.8, 4) is 0 Å². The molecule has 0 aromatic heterocycles. The van der Waals surface area contributed by atoms with Crippen LogP contribution in [0.15, 0.2) is 36.4 Å². The number of benzene rings is 1. The van der Waals surface area contributed by atoms with E-state index in [2.05, 4.69) is 5.32 Å². The third-order valence-electron chi connectivity index (χ3n) is 7.43. The van der Waals surface area contributed by atoms with E-state index >= 15 is 0 Å². The molecule has 0 bridgehead atoms. The van der Waals surface area contributed by atoms with E-state index in [1.165, 1.54) is 0 Å². The summed E-state index contributed by atoms with van der Waals surface area (Å²) in [7, 11) is 0. The largest absolute Gasteiger partial charge is 0.478 e. The molecule has 13 heteroatoms. The molecule has 1 aliphatic rings. The Bertz CT molecular complexity index is 1110. The fraction of sp³-hybridized carbons (Fsp3) is 0.600. The van der Waals surface area contributed by atoms with Crippen molar-refractivity contribution in [3.05, 3.63) is 41.4 Å². The smallest absolute Gasteiger partial charge is 0.328 e. The number of carbonyl (C=O) groups is 4. The summed E-state index contributed by atoms with van der Waals surface area (Å²) >= 11 is 6.33. The van der Waals surface area contributed by atoms with Crippen LogP contribution in [0.4, 0.5) is 5.69 Å². The fourth-order valence-electron chi connectivity index (χ4n) is 4.59. The van der Waals surface area contributed by atoms with Gasteiger partial charge in [-0.15, -0.1) is 0 Å². The van der Waals surface area contributed by atoms with Gasteiger partial charge >= 0.3 is 11.9 Å². The second-order valence-corrected chi connectivity index (χ2v) is 12.4. The van der Waals surface area contributed by atoms with Crippen molar-refractivity contribution in [1.82, 2.24) is 10.2 Å². The molecule has 0 spiro atoms. The molecule has 4 atom stereocenters. The van der Waals surface area contributed by atoms with E-state index in [4.69, 9.17) is 27.5 Å². The van der Waals surface area contributed by atoms with Crippen molar-refractivity contribution in [2.24, 2.45) is 23.5 Å². The minimum absolute atomic E-state index is 0.0134. The zero-order valence-electron chi connectivity index (χ0n) is 25.7. The van der Waals surface area contributed by atoms with Gasteiger partial charge in [0.05, 0.1) is 36.0 Å². The number of halogens is 1. The van der Waals surface area contributed by atoms with Crippen LogP contribution < -0.4 is 16.0 Å². The van der Waals surface area contributed by atoms with Gasteiger partial charge in [0.15, 0.2) is 0 Å². The van der Waals surface area contributed by atoms with Gasteiger partial charge in [-0.1, -0.05) is 51.4 Å². The maximum Gasteiger partial charge on any atom is 0.328 e. The highest BCUT2D eigenvalue weighted by Crippen LogP contribution is 2.31. The normalized spacial score (nSPS) is 18.1. The van der Waals surface area contributed by atoms with Crippen LogP contribution in [0.3, 0.4) is 0 Å². The Labute approximate surface area is 258 Å². The highest BCUT2D eigenvalue weighted by atomic mass is 35.5. The predicted octanol–water partition coefficient (Wildman–Crippen LogP) is 1.96. The predicted molar refractivity (Wildman–Crippen MR) is 165 cm³/mol. The van der Waals surface area contributed by atoms with E-state index < -0.39 is 35.5 Å². The highest BCUT2D eigenvalue weighted by Gasteiger charge is 2.40. The molecule has 2 rings (SSSR count). The van der Waals surface area contributed by atoms with Gasteiger partial charge in [-0.2, -0.15) is 0 Å². The van der Waals surface area contributed by atoms with Crippen LogP contribution in [0, 0.1) is 17.8 Å². The van der Waals surface area contributed by atoms with E-state index in [1.807, 2.05) is 64.6 Å². The number of piperazine rings is 1. The first-order chi connectivity index (χ1) is 19.9. The number of aliphatic hydroxyl groups excluding tert-OH is 2. The number of rotatable bonds is 13. The minimum atomic E-state index is -1.26. The molecule has 7 N–H and O–H groups in total. The van der Waals surface area contributed by atoms with E-state index in [9.17, 15) is 29.4 Å². The summed E-state index contributed by atoms with van der Waals surface area (Å²) in [5, 5.41) is 39.5. The average molecular weight is 627 g/mol. The molecule has 12 nitrogen and oxygen atoms in total. The average Bonchev–Trinajstić information content (AvgIpc) is 2.91. The van der Waals surface area contributed by atoms with Crippen molar-refractivity contribution in [2.45, 2.75) is 71.7 Å². The molecule has 0 radical (unpaired) electrons. The Morgan fingerprint density at radius 1 is 1.07 bits per heavy atom. The SMILES string of the molecule is CC(C)[C@H](C[C@H](O)[C@@H](N)CN1CC(=O)N(c2ccccc2Cl)CC1(C)C)C(=O)N[C@H](CO)C(C)C.O=C(O)/C=C/C(=O)O. The Balaban J connectivity index is 0.00000101. The maximum atomic E-state index is 13.0. The Kier molecular flexibility index (Phi) is 15.3. The van der Waals surface area contributed by atoms with Crippen LogP contribution in [0.1, 0.15) is 48.0 Å². The molecular formula is C30H47ClN4O8. The summed E-state index contributed by atoms with van der Waals surface area (Å²) in [6.07, 6.45) is 0.395. The van der Waals surface area contributed by atoms with E-state index in [-0.39, 0.29) is 49.3 Å². The number of nitrogens with one attached hydrogen (secondary N) is 1. The second-order valence-electron chi connectivity index (χ2n) is 12.0. The van der Waals surface area contributed by atoms with Gasteiger partial charge in [-0.05, 0) is 44.2 Å². The second kappa shape index (κ2) is 17.3. The van der Waals surface area contributed by atoms with Gasteiger partial charge in [-0.25, -0.2) is 9.59 Å². The Morgan fingerprint density at radius 2 is 1.63 bits per heavy atom. The number of amides is 2. The number of nitrogens with two attached hydrogens (primary N) is 1. The lowest BCUT2D eigenvalue weighted by Gasteiger charge is -2.48. The van der Waals surface area contributed by atoms with Gasteiger partial charge < -0.3 is 36.4 Å². The molecule has 0 unspecified atom stereocenters. The number of nitrogens with zero attached hydrogens (tertiary/aromatic N) is 2. The fourth-order valence-corrected chi connectivity index (χ4v) is 4.83. The number of carboxylic acid groups (broad SMARTS) is 2. The van der Waals surface area contributed by atoms with Crippen LogP contribution in [0.25, 0.3) is 0 Å². The number of carboxylic acids is 2. The lowest BCUT2D eigenvalue weighted by Crippen LogP contribution is -2.64. The van der Waals surface area contributed by atoms with E-state index in [0.717, 1.165) is 0 Å². The summed E-state index contributed by atoms with van der Waals surface area (Å²) in [6, 6.07) is 6.30. The first-order valence-corrected chi connectivity index (χ1v) is 14.6. The van der Waals surface area contributed by atoms with Gasteiger partial charge in [0, 0.05) is 42.7 Å². The zero-order valence-corrected chi connectivity index (χ0v) is 26.5. The number of para-hydroxylation sites is 1. The lowest BCUT2D eigenvalue weighted by atomic mass is 9.86. The maximum absolute atomic E-state index is 13.0. The van der Waals surface area contributed by atoms with Crippen molar-refractivity contribution in [3.63, 3.8) is 0 Å². The zero-order chi connectivity index (χ0) is 33.1.